The lowest BCUT2D eigenvalue weighted by Crippen LogP contribution is -2.50. The van der Waals surface area contributed by atoms with Crippen molar-refractivity contribution in [3.05, 3.63) is 23.8 Å². The molecule has 1 fully saturated rings. The molecule has 0 unspecified atom stereocenters. The molecule has 4 heteroatoms. The van der Waals surface area contributed by atoms with Crippen LogP contribution in [0.3, 0.4) is 0 Å². The lowest BCUT2D eigenvalue weighted by atomic mass is 9.78. The zero-order valence-corrected chi connectivity index (χ0v) is 14.7. The van der Waals surface area contributed by atoms with Gasteiger partial charge in [0.15, 0.2) is 0 Å². The number of aliphatic hydroxyl groups is 1. The van der Waals surface area contributed by atoms with Crippen molar-refractivity contribution in [2.45, 2.75) is 65.5 Å². The molecular weight excluding hydrogens is 274 g/mol. The Balaban J connectivity index is 2.03. The molecule has 2 atom stereocenters. The monoisotopic (exact) mass is 305 g/mol. The second-order valence-corrected chi connectivity index (χ2v) is 7.73. The summed E-state index contributed by atoms with van der Waals surface area (Å²) in [6, 6.07) is 2.01. The minimum atomic E-state index is -0.532. The largest absolute Gasteiger partial charge is 0.390 e. The van der Waals surface area contributed by atoms with Crippen LogP contribution in [0.4, 0.5) is 0 Å². The molecule has 2 rings (SSSR count). The highest BCUT2D eigenvalue weighted by Gasteiger charge is 2.37. The predicted octanol–water partition coefficient (Wildman–Crippen LogP) is 3.22. The van der Waals surface area contributed by atoms with E-state index in [1.807, 2.05) is 19.2 Å². The van der Waals surface area contributed by atoms with Crippen molar-refractivity contribution >= 4 is 0 Å². The van der Waals surface area contributed by atoms with Crippen LogP contribution in [0, 0.1) is 11.8 Å². The quantitative estimate of drug-likeness (QED) is 0.907. The number of hydrogen-bond acceptors (Lipinski definition) is 4. The number of rotatable bonds is 5. The summed E-state index contributed by atoms with van der Waals surface area (Å²) < 4.78 is 0. The molecule has 0 aromatic carbocycles. The van der Waals surface area contributed by atoms with Gasteiger partial charge < -0.3 is 5.11 Å². The van der Waals surface area contributed by atoms with E-state index in [-0.39, 0.29) is 0 Å². The van der Waals surface area contributed by atoms with Gasteiger partial charge in [0.25, 0.3) is 0 Å². The molecule has 1 N–H and O–H groups in total. The van der Waals surface area contributed by atoms with Gasteiger partial charge in [-0.3, -0.25) is 4.90 Å². The number of likely N-dealkylation sites (tertiary alicyclic amines) is 1. The van der Waals surface area contributed by atoms with Gasteiger partial charge in [0.1, 0.15) is 5.82 Å². The van der Waals surface area contributed by atoms with Gasteiger partial charge in [0.05, 0.1) is 11.3 Å². The van der Waals surface area contributed by atoms with Crippen LogP contribution >= 0.6 is 0 Å². The van der Waals surface area contributed by atoms with Crippen molar-refractivity contribution in [2.24, 2.45) is 11.8 Å². The first-order valence-corrected chi connectivity index (χ1v) is 8.54. The molecule has 1 aliphatic heterocycles. The van der Waals surface area contributed by atoms with E-state index in [0.29, 0.717) is 17.8 Å². The minimum Gasteiger partial charge on any atom is -0.390 e. The molecule has 1 aliphatic rings. The maximum atomic E-state index is 10.6. The van der Waals surface area contributed by atoms with Crippen molar-refractivity contribution in [3.63, 3.8) is 0 Å². The third kappa shape index (κ3) is 4.50. The van der Waals surface area contributed by atoms with E-state index in [4.69, 9.17) is 0 Å². The molecule has 22 heavy (non-hydrogen) atoms. The van der Waals surface area contributed by atoms with Crippen LogP contribution < -0.4 is 0 Å². The third-order valence-electron chi connectivity index (χ3n) is 4.68. The van der Waals surface area contributed by atoms with E-state index < -0.39 is 5.60 Å². The average molecular weight is 305 g/mol. The Kier molecular flexibility index (Phi) is 5.56. The SMILES string of the molecule is CC(C)C[C@H]1CN(Cc2ccnc(C(C)C)n2)CC[C@@]1(C)O. The van der Waals surface area contributed by atoms with E-state index in [0.717, 1.165) is 44.0 Å². The zero-order chi connectivity index (χ0) is 16.3. The van der Waals surface area contributed by atoms with E-state index in [2.05, 4.69) is 42.6 Å². The highest BCUT2D eigenvalue weighted by molar-refractivity contribution is 5.05. The summed E-state index contributed by atoms with van der Waals surface area (Å²) in [5.74, 6) is 2.23. The standard InChI is InChI=1S/C18H31N3O/c1-13(2)10-15-11-21(9-7-18(15,5)22)12-16-6-8-19-17(20-16)14(3)4/h6,8,13-15,22H,7,9-12H2,1-5H3/t15-,18+/m0/s1. The van der Waals surface area contributed by atoms with Crippen LogP contribution in [0.15, 0.2) is 12.3 Å². The van der Waals surface area contributed by atoms with Crippen LogP contribution in [0.25, 0.3) is 0 Å². The summed E-state index contributed by atoms with van der Waals surface area (Å²) in [6.45, 7) is 13.4. The molecule has 0 aliphatic carbocycles. The second-order valence-electron chi connectivity index (χ2n) is 7.73. The van der Waals surface area contributed by atoms with Crippen LogP contribution in [0.5, 0.6) is 0 Å². The van der Waals surface area contributed by atoms with Gasteiger partial charge in [-0.05, 0) is 31.7 Å². The third-order valence-corrected chi connectivity index (χ3v) is 4.68. The maximum absolute atomic E-state index is 10.6. The first kappa shape index (κ1) is 17.4. The van der Waals surface area contributed by atoms with Crippen molar-refractivity contribution in [1.29, 1.82) is 0 Å². The van der Waals surface area contributed by atoms with Gasteiger partial charge >= 0.3 is 0 Å². The van der Waals surface area contributed by atoms with Gasteiger partial charge in [-0.2, -0.15) is 0 Å². The van der Waals surface area contributed by atoms with E-state index >= 15 is 0 Å². The highest BCUT2D eigenvalue weighted by atomic mass is 16.3. The second kappa shape index (κ2) is 7.05. The first-order valence-electron chi connectivity index (χ1n) is 8.54. The molecule has 0 saturated carbocycles. The Morgan fingerprint density at radius 3 is 2.73 bits per heavy atom. The minimum absolute atomic E-state index is 0.340. The molecule has 4 nitrogen and oxygen atoms in total. The van der Waals surface area contributed by atoms with Crippen molar-refractivity contribution in [3.8, 4) is 0 Å². The van der Waals surface area contributed by atoms with Gasteiger partial charge in [-0.1, -0.05) is 27.7 Å². The Morgan fingerprint density at radius 2 is 2.09 bits per heavy atom. The number of nitrogens with zero attached hydrogens (tertiary/aromatic N) is 3. The molecule has 0 radical (unpaired) electrons. The smallest absolute Gasteiger partial charge is 0.131 e. The van der Waals surface area contributed by atoms with E-state index in [1.54, 1.807) is 0 Å². The van der Waals surface area contributed by atoms with Gasteiger partial charge in [0, 0.05) is 37.7 Å². The Bertz CT molecular complexity index is 485. The lowest BCUT2D eigenvalue weighted by Gasteiger charge is -2.43. The van der Waals surface area contributed by atoms with Crippen LogP contribution in [0.2, 0.25) is 0 Å². The molecule has 1 saturated heterocycles. The van der Waals surface area contributed by atoms with Crippen molar-refractivity contribution in [1.82, 2.24) is 14.9 Å². The normalized spacial score (nSPS) is 26.8. The highest BCUT2D eigenvalue weighted by Crippen LogP contribution is 2.32. The average Bonchev–Trinajstić information content (AvgIpc) is 2.42. The zero-order valence-electron chi connectivity index (χ0n) is 14.7. The number of aromatic nitrogens is 2. The summed E-state index contributed by atoms with van der Waals surface area (Å²) in [7, 11) is 0. The van der Waals surface area contributed by atoms with Crippen LogP contribution in [-0.4, -0.2) is 38.7 Å². The van der Waals surface area contributed by atoms with Crippen LogP contribution in [0.1, 0.15) is 64.9 Å². The maximum Gasteiger partial charge on any atom is 0.131 e. The fourth-order valence-corrected chi connectivity index (χ4v) is 3.24. The molecule has 0 bridgehead atoms. The summed E-state index contributed by atoms with van der Waals surface area (Å²) in [5, 5.41) is 10.6. The number of piperidine rings is 1. The summed E-state index contributed by atoms with van der Waals surface area (Å²) in [5.41, 5.74) is 0.554. The van der Waals surface area contributed by atoms with Crippen LogP contribution in [-0.2, 0) is 6.54 Å². The molecular formula is C18H31N3O. The molecule has 0 spiro atoms. The van der Waals surface area contributed by atoms with Crippen molar-refractivity contribution in [2.75, 3.05) is 13.1 Å². The topological polar surface area (TPSA) is 49.2 Å². The Hall–Kier alpha value is -1.00. The summed E-state index contributed by atoms with van der Waals surface area (Å²) in [4.78, 5) is 11.4. The predicted molar refractivity (Wildman–Crippen MR) is 89.6 cm³/mol. The van der Waals surface area contributed by atoms with E-state index in [1.165, 1.54) is 0 Å². The molecule has 1 aromatic rings. The first-order chi connectivity index (χ1) is 10.3. The van der Waals surface area contributed by atoms with Gasteiger partial charge in [0.2, 0.25) is 0 Å². The number of hydrogen-bond donors (Lipinski definition) is 1. The summed E-state index contributed by atoms with van der Waals surface area (Å²) in [6.07, 6.45) is 3.78. The molecule has 2 heterocycles. The fraction of sp³-hybridized carbons (Fsp3) is 0.778. The van der Waals surface area contributed by atoms with Crippen molar-refractivity contribution < 1.29 is 5.11 Å². The molecule has 1 aromatic heterocycles. The summed E-state index contributed by atoms with van der Waals surface area (Å²) >= 11 is 0. The van der Waals surface area contributed by atoms with E-state index in [9.17, 15) is 5.11 Å². The molecule has 0 amide bonds. The van der Waals surface area contributed by atoms with Gasteiger partial charge in [-0.25, -0.2) is 9.97 Å². The van der Waals surface area contributed by atoms with Gasteiger partial charge in [-0.15, -0.1) is 0 Å². The fourth-order valence-electron chi connectivity index (χ4n) is 3.24. The lowest BCUT2D eigenvalue weighted by molar-refractivity contribution is -0.0666. The Labute approximate surface area is 135 Å². The Morgan fingerprint density at radius 1 is 1.36 bits per heavy atom. The molecule has 124 valence electrons.